The fourth-order valence-corrected chi connectivity index (χ4v) is 0.418. The molecule has 0 bridgehead atoms. The van der Waals surface area contributed by atoms with Crippen molar-refractivity contribution in [3.63, 3.8) is 0 Å². The van der Waals surface area contributed by atoms with Crippen LogP contribution in [-0.4, -0.2) is 33.5 Å². The molecule has 0 aliphatic rings. The second-order valence-electron chi connectivity index (χ2n) is 2.02. The smallest absolute Gasteiger partial charge is 0.333 e. The fraction of sp³-hybridized carbons (Fsp3) is 0.500. The molecule has 0 saturated heterocycles. The molecule has 4 heteroatoms. The molecule has 10 heavy (non-hydrogen) atoms. The van der Waals surface area contributed by atoms with Gasteiger partial charge in [0.15, 0.2) is 0 Å². The Morgan fingerprint density at radius 3 is 2.00 bits per heavy atom. The van der Waals surface area contributed by atoms with E-state index in [0.29, 0.717) is 0 Å². The van der Waals surface area contributed by atoms with Gasteiger partial charge in [-0.1, -0.05) is 6.58 Å². The molecule has 0 aliphatic heterocycles. The van der Waals surface area contributed by atoms with E-state index in [1.807, 2.05) is 0 Å². The van der Waals surface area contributed by atoms with E-state index in [-0.39, 0.29) is 0 Å². The lowest BCUT2D eigenvalue weighted by molar-refractivity contribution is -0.134. The Morgan fingerprint density at radius 1 is 1.50 bits per heavy atom. The quantitative estimate of drug-likeness (QED) is 0.463. The van der Waals surface area contributed by atoms with Gasteiger partial charge < -0.3 is 15.3 Å². The highest BCUT2D eigenvalue weighted by atomic mass is 16.4. The minimum atomic E-state index is -1.38. The zero-order chi connectivity index (χ0) is 8.31. The molecule has 0 heterocycles. The van der Waals surface area contributed by atoms with Crippen molar-refractivity contribution in [1.29, 1.82) is 0 Å². The Balaban J connectivity index is 4.08. The maximum atomic E-state index is 10.1. The van der Waals surface area contributed by atoms with Gasteiger partial charge in [-0.15, -0.1) is 0 Å². The third-order valence-electron chi connectivity index (χ3n) is 1.09. The highest BCUT2D eigenvalue weighted by molar-refractivity contribution is 5.86. The van der Waals surface area contributed by atoms with E-state index < -0.39 is 23.8 Å². The van der Waals surface area contributed by atoms with Crippen molar-refractivity contribution >= 4 is 5.97 Å². The summed E-state index contributed by atoms with van der Waals surface area (Å²) in [7, 11) is 0. The summed E-state index contributed by atoms with van der Waals surface area (Å²) in [6.45, 7) is 4.36. The number of rotatable bonds is 3. The Hall–Kier alpha value is -0.870. The molecular formula is C6H10O4. The summed E-state index contributed by atoms with van der Waals surface area (Å²) in [6.07, 6.45) is -2.47. The third-order valence-corrected chi connectivity index (χ3v) is 1.09. The predicted octanol–water partition coefficient (Wildman–Crippen LogP) is -0.631. The number of carboxylic acid groups (broad SMARTS) is 1. The van der Waals surface area contributed by atoms with Crippen LogP contribution < -0.4 is 0 Å². The Bertz CT molecular complexity index is 150. The van der Waals surface area contributed by atoms with E-state index in [2.05, 4.69) is 6.58 Å². The molecule has 0 fully saturated rings. The van der Waals surface area contributed by atoms with Crippen LogP contribution in [0.15, 0.2) is 12.2 Å². The summed E-state index contributed by atoms with van der Waals surface area (Å²) >= 11 is 0. The molecule has 0 aliphatic carbocycles. The molecule has 0 spiro atoms. The van der Waals surface area contributed by atoms with Crippen molar-refractivity contribution in [2.24, 2.45) is 0 Å². The van der Waals surface area contributed by atoms with Crippen LogP contribution in [0.5, 0.6) is 0 Å². The molecule has 0 rings (SSSR count). The Kier molecular flexibility index (Phi) is 3.05. The standard InChI is InChI=1S/C6H10O4/c1-3(6(9)10)5(8)4(2)7/h4-5,7-8H,1H2,2H3,(H,9,10). The number of carboxylic acids is 1. The molecule has 0 aromatic carbocycles. The first kappa shape index (κ1) is 9.13. The summed E-state index contributed by atoms with van der Waals surface area (Å²) in [5.74, 6) is -1.30. The molecule has 4 nitrogen and oxygen atoms in total. The maximum absolute atomic E-state index is 10.1. The molecule has 2 atom stereocenters. The molecule has 0 aromatic heterocycles. The molecule has 0 amide bonds. The van der Waals surface area contributed by atoms with Crippen LogP contribution in [0.2, 0.25) is 0 Å². The lowest BCUT2D eigenvalue weighted by Gasteiger charge is -2.12. The van der Waals surface area contributed by atoms with E-state index in [0.717, 1.165) is 0 Å². The third kappa shape index (κ3) is 2.16. The molecule has 3 N–H and O–H groups in total. The minimum Gasteiger partial charge on any atom is -0.478 e. The van der Waals surface area contributed by atoms with Crippen molar-refractivity contribution < 1.29 is 20.1 Å². The predicted molar refractivity (Wildman–Crippen MR) is 34.5 cm³/mol. The van der Waals surface area contributed by atoms with Crippen LogP contribution >= 0.6 is 0 Å². The van der Waals surface area contributed by atoms with Crippen LogP contribution in [0.25, 0.3) is 0 Å². The highest BCUT2D eigenvalue weighted by Crippen LogP contribution is 2.03. The van der Waals surface area contributed by atoms with E-state index in [1.165, 1.54) is 6.92 Å². The monoisotopic (exact) mass is 146 g/mol. The zero-order valence-corrected chi connectivity index (χ0v) is 5.61. The zero-order valence-electron chi connectivity index (χ0n) is 5.61. The average Bonchev–Trinajstić information content (AvgIpc) is 1.84. The minimum absolute atomic E-state index is 0.394. The van der Waals surface area contributed by atoms with Gasteiger partial charge in [0.1, 0.15) is 6.10 Å². The highest BCUT2D eigenvalue weighted by Gasteiger charge is 2.19. The van der Waals surface area contributed by atoms with Crippen molar-refractivity contribution in [2.75, 3.05) is 0 Å². The van der Waals surface area contributed by atoms with Gasteiger partial charge in [0.05, 0.1) is 11.7 Å². The normalized spacial score (nSPS) is 15.9. The number of hydrogen-bond acceptors (Lipinski definition) is 3. The first-order valence-electron chi connectivity index (χ1n) is 2.75. The molecular weight excluding hydrogens is 136 g/mol. The topological polar surface area (TPSA) is 77.8 Å². The van der Waals surface area contributed by atoms with Crippen LogP contribution in [0.1, 0.15) is 6.92 Å². The van der Waals surface area contributed by atoms with Gasteiger partial charge in [-0.3, -0.25) is 0 Å². The van der Waals surface area contributed by atoms with Gasteiger partial charge in [-0.05, 0) is 6.92 Å². The first-order valence-corrected chi connectivity index (χ1v) is 2.75. The summed E-state index contributed by atoms with van der Waals surface area (Å²) in [5.41, 5.74) is -0.394. The van der Waals surface area contributed by atoms with Crippen molar-refractivity contribution in [2.45, 2.75) is 19.1 Å². The number of hydrogen-bond donors (Lipinski definition) is 3. The molecule has 0 aromatic rings. The van der Waals surface area contributed by atoms with E-state index in [9.17, 15) is 4.79 Å². The summed E-state index contributed by atoms with van der Waals surface area (Å²) in [4.78, 5) is 10.1. The van der Waals surface area contributed by atoms with Crippen molar-refractivity contribution in [3.05, 3.63) is 12.2 Å². The molecule has 0 radical (unpaired) electrons. The summed E-state index contributed by atoms with van der Waals surface area (Å²) < 4.78 is 0. The van der Waals surface area contributed by atoms with Crippen LogP contribution in [-0.2, 0) is 4.79 Å². The lowest BCUT2D eigenvalue weighted by atomic mass is 10.1. The van der Waals surface area contributed by atoms with Gasteiger partial charge in [0.2, 0.25) is 0 Å². The summed E-state index contributed by atoms with van der Waals surface area (Å²) in [6, 6.07) is 0. The second-order valence-corrected chi connectivity index (χ2v) is 2.02. The SMILES string of the molecule is C=C(C(=O)O)C(O)C(C)O. The van der Waals surface area contributed by atoms with E-state index >= 15 is 0 Å². The van der Waals surface area contributed by atoms with Crippen LogP contribution in [0.3, 0.4) is 0 Å². The number of aliphatic hydroxyl groups excluding tert-OH is 2. The van der Waals surface area contributed by atoms with Crippen molar-refractivity contribution in [3.8, 4) is 0 Å². The number of aliphatic carboxylic acids is 1. The van der Waals surface area contributed by atoms with Gasteiger partial charge >= 0.3 is 5.97 Å². The molecule has 58 valence electrons. The van der Waals surface area contributed by atoms with Gasteiger partial charge in [0, 0.05) is 0 Å². The van der Waals surface area contributed by atoms with Crippen LogP contribution in [0, 0.1) is 0 Å². The van der Waals surface area contributed by atoms with Crippen molar-refractivity contribution in [1.82, 2.24) is 0 Å². The van der Waals surface area contributed by atoms with E-state index in [1.54, 1.807) is 0 Å². The first-order chi connectivity index (χ1) is 4.46. The molecule has 2 unspecified atom stereocenters. The average molecular weight is 146 g/mol. The number of aliphatic hydroxyl groups is 2. The fourth-order valence-electron chi connectivity index (χ4n) is 0.418. The number of carbonyl (C=O) groups is 1. The Morgan fingerprint density at radius 2 is 1.90 bits per heavy atom. The summed E-state index contributed by atoms with van der Waals surface area (Å²) in [5, 5.41) is 25.7. The van der Waals surface area contributed by atoms with Gasteiger partial charge in [-0.2, -0.15) is 0 Å². The largest absolute Gasteiger partial charge is 0.478 e. The van der Waals surface area contributed by atoms with Gasteiger partial charge in [-0.25, -0.2) is 4.79 Å². The maximum Gasteiger partial charge on any atom is 0.333 e. The van der Waals surface area contributed by atoms with Gasteiger partial charge in [0.25, 0.3) is 0 Å². The lowest BCUT2D eigenvalue weighted by Crippen LogP contribution is -2.27. The molecule has 0 saturated carbocycles. The van der Waals surface area contributed by atoms with Crippen LogP contribution in [0.4, 0.5) is 0 Å². The Labute approximate surface area is 58.4 Å². The second kappa shape index (κ2) is 3.34. The van der Waals surface area contributed by atoms with E-state index in [4.69, 9.17) is 15.3 Å².